The quantitative estimate of drug-likeness (QED) is 0.636. The topological polar surface area (TPSA) is 97.6 Å². The number of nitro groups is 1. The zero-order valence-corrected chi connectivity index (χ0v) is 15.4. The molecule has 2 aromatic rings. The van der Waals surface area contributed by atoms with Gasteiger partial charge in [-0.1, -0.05) is 6.07 Å². The van der Waals surface area contributed by atoms with Gasteiger partial charge < -0.3 is 15.0 Å². The van der Waals surface area contributed by atoms with E-state index < -0.39 is 4.92 Å². The zero-order valence-electron chi connectivity index (χ0n) is 14.6. The minimum atomic E-state index is -0.474. The molecule has 9 heteroatoms. The minimum absolute atomic E-state index is 0.0223. The molecule has 3 rings (SSSR count). The van der Waals surface area contributed by atoms with Crippen LogP contribution in [0, 0.1) is 17.0 Å². The number of thiophene rings is 1. The summed E-state index contributed by atoms with van der Waals surface area (Å²) in [4.78, 5) is 30.1. The predicted octanol–water partition coefficient (Wildman–Crippen LogP) is 2.51. The van der Waals surface area contributed by atoms with Crippen molar-refractivity contribution in [2.75, 3.05) is 24.6 Å². The second-order valence-electron chi connectivity index (χ2n) is 6.14. The van der Waals surface area contributed by atoms with Crippen molar-refractivity contribution in [2.45, 2.75) is 26.5 Å². The van der Waals surface area contributed by atoms with Gasteiger partial charge in [0.2, 0.25) is 0 Å². The van der Waals surface area contributed by atoms with Gasteiger partial charge in [-0.05, 0) is 25.5 Å². The fourth-order valence-corrected chi connectivity index (χ4v) is 3.67. The Labute approximate surface area is 154 Å². The van der Waals surface area contributed by atoms with Gasteiger partial charge in [0.25, 0.3) is 11.6 Å². The van der Waals surface area contributed by atoms with Crippen LogP contribution in [0.4, 0.5) is 11.5 Å². The Morgan fingerprint density at radius 1 is 1.54 bits per heavy atom. The van der Waals surface area contributed by atoms with Gasteiger partial charge in [0.15, 0.2) is 0 Å². The van der Waals surface area contributed by atoms with Crippen molar-refractivity contribution >= 4 is 28.7 Å². The minimum Gasteiger partial charge on any atom is -0.375 e. The molecule has 1 unspecified atom stereocenters. The molecule has 1 saturated heterocycles. The smallest absolute Gasteiger partial charge is 0.283 e. The highest BCUT2D eigenvalue weighted by atomic mass is 32.1. The lowest BCUT2D eigenvalue weighted by molar-refractivity contribution is -0.385. The molecule has 0 radical (unpaired) electrons. The molecule has 1 aliphatic rings. The predicted molar refractivity (Wildman–Crippen MR) is 98.7 cm³/mol. The van der Waals surface area contributed by atoms with E-state index in [1.165, 1.54) is 6.07 Å². The van der Waals surface area contributed by atoms with Crippen LogP contribution in [0.15, 0.2) is 24.4 Å². The van der Waals surface area contributed by atoms with E-state index in [2.05, 4.69) is 15.2 Å². The number of nitrogens with one attached hydrogen (secondary N) is 1. The number of aryl methyl sites for hydroxylation is 1. The van der Waals surface area contributed by atoms with Crippen molar-refractivity contribution in [2.24, 2.45) is 0 Å². The lowest BCUT2D eigenvalue weighted by Crippen LogP contribution is -2.41. The first-order chi connectivity index (χ1) is 12.4. The molecule has 26 heavy (non-hydrogen) atoms. The molecule has 138 valence electrons. The van der Waals surface area contributed by atoms with Gasteiger partial charge in [0, 0.05) is 31.9 Å². The van der Waals surface area contributed by atoms with E-state index >= 15 is 0 Å². The van der Waals surface area contributed by atoms with Gasteiger partial charge in [0.05, 0.1) is 27.4 Å². The van der Waals surface area contributed by atoms with Gasteiger partial charge in [-0.15, -0.1) is 11.3 Å². The summed E-state index contributed by atoms with van der Waals surface area (Å²) < 4.78 is 5.53. The second kappa shape index (κ2) is 7.79. The Kier molecular flexibility index (Phi) is 5.48. The van der Waals surface area contributed by atoms with Gasteiger partial charge >= 0.3 is 0 Å². The summed E-state index contributed by atoms with van der Waals surface area (Å²) >= 11 is 1.12. The molecule has 0 aliphatic carbocycles. The summed E-state index contributed by atoms with van der Waals surface area (Å²) in [5.41, 5.74) is 0.845. The molecule has 0 saturated carbocycles. The Hall–Kier alpha value is -2.52. The summed E-state index contributed by atoms with van der Waals surface area (Å²) in [7, 11) is 0. The molecule has 1 atom stereocenters. The maximum absolute atomic E-state index is 12.2. The van der Waals surface area contributed by atoms with E-state index in [1.807, 2.05) is 19.1 Å². The average molecular weight is 376 g/mol. The summed E-state index contributed by atoms with van der Waals surface area (Å²) in [6.45, 7) is 6.29. The average Bonchev–Trinajstić information content (AvgIpc) is 3.02. The molecular formula is C17H20N4O4S. The molecule has 1 aliphatic heterocycles. The number of carbonyl (C=O) groups excluding carboxylic acids is 1. The summed E-state index contributed by atoms with van der Waals surface area (Å²) in [5.74, 6) is 0.567. The lowest BCUT2D eigenvalue weighted by Gasteiger charge is -2.32. The number of carbonyl (C=O) groups is 1. The third kappa shape index (κ3) is 4.17. The normalized spacial score (nSPS) is 17.2. The Bertz CT molecular complexity index is 806. The number of morpholine rings is 1. The molecule has 8 nitrogen and oxygen atoms in total. The van der Waals surface area contributed by atoms with Gasteiger partial charge in [-0.25, -0.2) is 4.98 Å². The van der Waals surface area contributed by atoms with Gasteiger partial charge in [-0.3, -0.25) is 14.9 Å². The number of amides is 1. The van der Waals surface area contributed by atoms with Crippen LogP contribution in [-0.2, 0) is 11.3 Å². The van der Waals surface area contributed by atoms with Crippen LogP contribution >= 0.6 is 11.3 Å². The highest BCUT2D eigenvalue weighted by molar-refractivity contribution is 7.14. The van der Waals surface area contributed by atoms with E-state index in [4.69, 9.17) is 4.74 Å². The Morgan fingerprint density at radius 3 is 2.96 bits per heavy atom. The SMILES string of the molecule is Cc1sc(C(=O)NCc2ccc(N3CCOC(C)C3)nc2)cc1[N+](=O)[O-]. The van der Waals surface area contributed by atoms with Crippen molar-refractivity contribution in [1.29, 1.82) is 0 Å². The van der Waals surface area contributed by atoms with Crippen LogP contribution < -0.4 is 10.2 Å². The number of hydrogen-bond acceptors (Lipinski definition) is 7. The fourth-order valence-electron chi connectivity index (χ4n) is 2.77. The van der Waals surface area contributed by atoms with E-state index in [9.17, 15) is 14.9 Å². The first kappa shape index (κ1) is 18.3. The molecule has 2 aromatic heterocycles. The zero-order chi connectivity index (χ0) is 18.7. The molecule has 1 amide bonds. The van der Waals surface area contributed by atoms with Gasteiger partial charge in [0.1, 0.15) is 5.82 Å². The van der Waals surface area contributed by atoms with Crippen LogP contribution in [0.5, 0.6) is 0 Å². The molecule has 1 fully saturated rings. The van der Waals surface area contributed by atoms with Crippen LogP contribution in [0.3, 0.4) is 0 Å². The molecular weight excluding hydrogens is 356 g/mol. The number of rotatable bonds is 5. The van der Waals surface area contributed by atoms with E-state index in [1.54, 1.807) is 13.1 Å². The highest BCUT2D eigenvalue weighted by Gasteiger charge is 2.20. The van der Waals surface area contributed by atoms with E-state index in [0.29, 0.717) is 22.9 Å². The highest BCUT2D eigenvalue weighted by Crippen LogP contribution is 2.28. The van der Waals surface area contributed by atoms with Crippen molar-refractivity contribution in [3.63, 3.8) is 0 Å². The number of hydrogen-bond donors (Lipinski definition) is 1. The molecule has 0 aromatic carbocycles. The van der Waals surface area contributed by atoms with Crippen LogP contribution in [0.25, 0.3) is 0 Å². The maximum atomic E-state index is 12.2. The summed E-state index contributed by atoms with van der Waals surface area (Å²) in [6, 6.07) is 5.17. The number of ether oxygens (including phenoxy) is 1. The van der Waals surface area contributed by atoms with Crippen LogP contribution in [0.1, 0.15) is 27.0 Å². The lowest BCUT2D eigenvalue weighted by atomic mass is 10.2. The third-order valence-corrected chi connectivity index (χ3v) is 5.18. The maximum Gasteiger partial charge on any atom is 0.283 e. The molecule has 3 heterocycles. The third-order valence-electron chi connectivity index (χ3n) is 4.14. The van der Waals surface area contributed by atoms with Crippen molar-refractivity contribution in [1.82, 2.24) is 10.3 Å². The molecule has 0 bridgehead atoms. The van der Waals surface area contributed by atoms with Crippen LogP contribution in [0.2, 0.25) is 0 Å². The molecule has 1 N–H and O–H groups in total. The largest absolute Gasteiger partial charge is 0.375 e. The number of nitrogens with zero attached hydrogens (tertiary/aromatic N) is 3. The van der Waals surface area contributed by atoms with E-state index in [0.717, 1.165) is 35.8 Å². The van der Waals surface area contributed by atoms with Crippen LogP contribution in [-0.4, -0.2) is 41.6 Å². The fraction of sp³-hybridized carbons (Fsp3) is 0.412. The second-order valence-corrected chi connectivity index (χ2v) is 7.40. The standard InChI is InChI=1S/C17H20N4O4S/c1-11-10-20(5-6-25-11)16-4-3-13(8-18-16)9-19-17(22)15-7-14(21(23)24)12(2)26-15/h3-4,7-8,11H,5-6,9-10H2,1-2H3,(H,19,22). The monoisotopic (exact) mass is 376 g/mol. The molecule has 0 spiro atoms. The first-order valence-electron chi connectivity index (χ1n) is 8.28. The number of aromatic nitrogens is 1. The van der Waals surface area contributed by atoms with Crippen molar-refractivity contribution in [3.8, 4) is 0 Å². The first-order valence-corrected chi connectivity index (χ1v) is 9.10. The van der Waals surface area contributed by atoms with Crippen molar-refractivity contribution in [3.05, 3.63) is 49.8 Å². The Balaban J connectivity index is 1.58. The van der Waals surface area contributed by atoms with Gasteiger partial charge in [-0.2, -0.15) is 0 Å². The Morgan fingerprint density at radius 2 is 2.35 bits per heavy atom. The summed E-state index contributed by atoms with van der Waals surface area (Å²) in [6.07, 6.45) is 1.92. The van der Waals surface area contributed by atoms with E-state index in [-0.39, 0.29) is 17.7 Å². The number of pyridine rings is 1. The number of anilines is 1. The summed E-state index contributed by atoms with van der Waals surface area (Å²) in [5, 5.41) is 13.7. The van der Waals surface area contributed by atoms with Crippen molar-refractivity contribution < 1.29 is 14.5 Å².